The molecule has 1 aliphatic rings. The lowest BCUT2D eigenvalue weighted by Gasteiger charge is -2.34. The Hall–Kier alpha value is -3.02. The predicted octanol–water partition coefficient (Wildman–Crippen LogP) is 3.72. The number of anilines is 1. The van der Waals surface area contributed by atoms with Crippen LogP contribution in [0.25, 0.3) is 0 Å². The van der Waals surface area contributed by atoms with Gasteiger partial charge in [-0.15, -0.1) is 0 Å². The third kappa shape index (κ3) is 5.98. The number of ether oxygens (including phenoxy) is 1. The minimum atomic E-state index is -0.190. The Morgan fingerprint density at radius 3 is 2.76 bits per heavy atom. The molecule has 5 nitrogen and oxygen atoms in total. The van der Waals surface area contributed by atoms with Crippen LogP contribution >= 0.6 is 0 Å². The zero-order chi connectivity index (χ0) is 20.5. The van der Waals surface area contributed by atoms with Crippen molar-refractivity contribution in [3.05, 3.63) is 72.6 Å². The molecule has 0 amide bonds. The molecule has 0 unspecified atom stereocenters. The average molecular weight is 397 g/mol. The van der Waals surface area contributed by atoms with E-state index in [2.05, 4.69) is 27.1 Å². The number of aliphatic imine (C=N–C) groups is 1. The Morgan fingerprint density at radius 1 is 1.24 bits per heavy atom. The van der Waals surface area contributed by atoms with Gasteiger partial charge in [-0.2, -0.15) is 0 Å². The summed E-state index contributed by atoms with van der Waals surface area (Å²) in [6, 6.07) is 15.1. The molecule has 3 rings (SSSR count). The van der Waals surface area contributed by atoms with Crippen molar-refractivity contribution in [3.8, 4) is 5.75 Å². The number of rotatable bonds is 7. The smallest absolute Gasteiger partial charge is 0.191 e. The van der Waals surface area contributed by atoms with Crippen molar-refractivity contribution >= 4 is 11.6 Å². The lowest BCUT2D eigenvalue weighted by molar-refractivity contribution is 0.358. The highest BCUT2D eigenvalue weighted by molar-refractivity contribution is 5.80. The second kappa shape index (κ2) is 10.5. The van der Waals surface area contributed by atoms with E-state index >= 15 is 0 Å². The van der Waals surface area contributed by atoms with Crippen molar-refractivity contribution in [2.24, 2.45) is 4.99 Å². The van der Waals surface area contributed by atoms with Crippen molar-refractivity contribution in [3.63, 3.8) is 0 Å². The molecule has 6 heteroatoms. The van der Waals surface area contributed by atoms with Gasteiger partial charge in [-0.3, -0.25) is 4.99 Å². The lowest BCUT2D eigenvalue weighted by Crippen LogP contribution is -2.48. The number of halogens is 1. The lowest BCUT2D eigenvalue weighted by atomic mass is 10.0. The number of piperidine rings is 1. The van der Waals surface area contributed by atoms with Crippen LogP contribution in [0.1, 0.15) is 18.4 Å². The van der Waals surface area contributed by atoms with Crippen LogP contribution in [0.15, 0.2) is 66.2 Å². The van der Waals surface area contributed by atoms with E-state index < -0.39 is 0 Å². The molecule has 1 aliphatic heterocycles. The minimum absolute atomic E-state index is 0.190. The fourth-order valence-electron chi connectivity index (χ4n) is 3.46. The van der Waals surface area contributed by atoms with Gasteiger partial charge in [0.15, 0.2) is 5.96 Å². The second-order valence-electron chi connectivity index (χ2n) is 7.02. The summed E-state index contributed by atoms with van der Waals surface area (Å²) in [6.45, 7) is 6.57. The Balaban J connectivity index is 1.49. The van der Waals surface area contributed by atoms with Gasteiger partial charge in [0, 0.05) is 44.0 Å². The van der Waals surface area contributed by atoms with E-state index in [1.165, 1.54) is 6.07 Å². The van der Waals surface area contributed by atoms with E-state index in [-0.39, 0.29) is 5.82 Å². The molecule has 0 aromatic heterocycles. The minimum Gasteiger partial charge on any atom is -0.489 e. The van der Waals surface area contributed by atoms with Crippen LogP contribution in [0.4, 0.5) is 10.1 Å². The molecule has 0 atom stereocenters. The number of para-hydroxylation sites is 1. The van der Waals surface area contributed by atoms with Crippen LogP contribution in [-0.4, -0.2) is 38.7 Å². The number of guanidine groups is 1. The van der Waals surface area contributed by atoms with Gasteiger partial charge < -0.3 is 20.3 Å². The first-order valence-corrected chi connectivity index (χ1v) is 9.99. The molecule has 0 aliphatic carbocycles. The van der Waals surface area contributed by atoms with Crippen molar-refractivity contribution in [1.29, 1.82) is 0 Å². The highest BCUT2D eigenvalue weighted by atomic mass is 19.1. The van der Waals surface area contributed by atoms with Crippen molar-refractivity contribution in [2.45, 2.75) is 25.4 Å². The second-order valence-corrected chi connectivity index (χ2v) is 7.02. The van der Waals surface area contributed by atoms with Crippen molar-refractivity contribution in [2.75, 3.05) is 31.6 Å². The molecule has 0 radical (unpaired) electrons. The first-order chi connectivity index (χ1) is 14.2. The zero-order valence-corrected chi connectivity index (χ0v) is 16.9. The Labute approximate surface area is 172 Å². The van der Waals surface area contributed by atoms with E-state index in [0.717, 1.165) is 48.9 Å². The van der Waals surface area contributed by atoms with Gasteiger partial charge in [-0.1, -0.05) is 36.9 Å². The number of hydrogen-bond donors (Lipinski definition) is 2. The fourth-order valence-corrected chi connectivity index (χ4v) is 3.46. The van der Waals surface area contributed by atoms with E-state index in [0.29, 0.717) is 19.2 Å². The highest BCUT2D eigenvalue weighted by Crippen LogP contribution is 2.21. The van der Waals surface area contributed by atoms with Crippen LogP contribution in [0.5, 0.6) is 5.75 Å². The summed E-state index contributed by atoms with van der Waals surface area (Å²) in [6.07, 6.45) is 3.67. The summed E-state index contributed by atoms with van der Waals surface area (Å²) in [5.74, 6) is 1.43. The van der Waals surface area contributed by atoms with Gasteiger partial charge in [0.25, 0.3) is 0 Å². The molecule has 2 N–H and O–H groups in total. The largest absolute Gasteiger partial charge is 0.489 e. The van der Waals surface area contributed by atoms with E-state index in [1.54, 1.807) is 25.3 Å². The number of benzene rings is 2. The zero-order valence-electron chi connectivity index (χ0n) is 16.9. The first-order valence-electron chi connectivity index (χ1n) is 9.99. The molecule has 0 bridgehead atoms. The summed E-state index contributed by atoms with van der Waals surface area (Å²) >= 11 is 0. The topological polar surface area (TPSA) is 48.9 Å². The summed E-state index contributed by atoms with van der Waals surface area (Å²) < 4.78 is 19.2. The third-order valence-corrected chi connectivity index (χ3v) is 5.01. The monoisotopic (exact) mass is 396 g/mol. The predicted molar refractivity (Wildman–Crippen MR) is 117 cm³/mol. The number of nitrogens with zero attached hydrogens (tertiary/aromatic N) is 2. The Bertz CT molecular complexity index is 831. The van der Waals surface area contributed by atoms with Gasteiger partial charge in [0.2, 0.25) is 0 Å². The van der Waals surface area contributed by atoms with Crippen LogP contribution < -0.4 is 20.3 Å². The molecule has 0 saturated carbocycles. The number of nitrogens with one attached hydrogen (secondary N) is 2. The maximum Gasteiger partial charge on any atom is 0.191 e. The van der Waals surface area contributed by atoms with E-state index in [9.17, 15) is 4.39 Å². The van der Waals surface area contributed by atoms with E-state index in [4.69, 9.17) is 4.74 Å². The first kappa shape index (κ1) is 20.7. The molecule has 1 saturated heterocycles. The third-order valence-electron chi connectivity index (χ3n) is 5.01. The summed E-state index contributed by atoms with van der Waals surface area (Å²) in [5, 5.41) is 6.87. The van der Waals surface area contributed by atoms with Crippen LogP contribution in [0.2, 0.25) is 0 Å². The SMILES string of the molecule is C=CCOc1ccccc1CNC(=NC)NC1CCN(c2cccc(F)c2)CC1. The maximum atomic E-state index is 13.5. The standard InChI is InChI=1S/C23H29FN4O/c1-3-15-29-22-10-5-4-7-18(22)17-26-23(25-2)27-20-11-13-28(14-12-20)21-9-6-8-19(24)16-21/h3-10,16,20H,1,11-15,17H2,2H3,(H2,25,26,27). The molecule has 1 heterocycles. The molecule has 154 valence electrons. The molecule has 2 aromatic rings. The normalized spacial score (nSPS) is 15.1. The van der Waals surface area contributed by atoms with Gasteiger partial charge >= 0.3 is 0 Å². The molecular weight excluding hydrogens is 367 g/mol. The maximum absolute atomic E-state index is 13.5. The van der Waals surface area contributed by atoms with Crippen molar-refractivity contribution in [1.82, 2.24) is 10.6 Å². The highest BCUT2D eigenvalue weighted by Gasteiger charge is 2.20. The fraction of sp³-hybridized carbons (Fsp3) is 0.348. The average Bonchev–Trinajstić information content (AvgIpc) is 2.76. The van der Waals surface area contributed by atoms with Crippen LogP contribution in [0.3, 0.4) is 0 Å². The molecule has 1 fully saturated rings. The summed E-state index contributed by atoms with van der Waals surface area (Å²) in [5.41, 5.74) is 2.01. The van der Waals surface area contributed by atoms with Gasteiger partial charge in [0.1, 0.15) is 18.2 Å². The molecule has 29 heavy (non-hydrogen) atoms. The molecular formula is C23H29FN4O. The quantitative estimate of drug-likeness (QED) is 0.425. The van der Waals surface area contributed by atoms with E-state index in [1.807, 2.05) is 30.3 Å². The van der Waals surface area contributed by atoms with Gasteiger partial charge in [0.05, 0.1) is 0 Å². The van der Waals surface area contributed by atoms with Gasteiger partial charge in [-0.25, -0.2) is 4.39 Å². The summed E-state index contributed by atoms with van der Waals surface area (Å²) in [7, 11) is 1.78. The summed E-state index contributed by atoms with van der Waals surface area (Å²) in [4.78, 5) is 6.58. The Kier molecular flexibility index (Phi) is 7.50. The molecule has 0 spiro atoms. The molecule has 2 aromatic carbocycles. The van der Waals surface area contributed by atoms with Crippen molar-refractivity contribution < 1.29 is 9.13 Å². The van der Waals surface area contributed by atoms with Crippen LogP contribution in [-0.2, 0) is 6.54 Å². The van der Waals surface area contributed by atoms with Crippen LogP contribution in [0, 0.1) is 5.82 Å². The van der Waals surface area contributed by atoms with Gasteiger partial charge in [-0.05, 0) is 37.1 Å². The number of hydrogen-bond acceptors (Lipinski definition) is 3. The Morgan fingerprint density at radius 2 is 2.03 bits per heavy atom.